The summed E-state index contributed by atoms with van der Waals surface area (Å²) in [5.41, 5.74) is 5.41. The van der Waals surface area contributed by atoms with Gasteiger partial charge in [0.1, 0.15) is 0 Å². The van der Waals surface area contributed by atoms with Crippen LogP contribution in [0, 0.1) is 0 Å². The van der Waals surface area contributed by atoms with E-state index in [9.17, 15) is 4.79 Å². The maximum absolute atomic E-state index is 12.1. The molecule has 0 aromatic heterocycles. The zero-order valence-electron chi connectivity index (χ0n) is 9.33. The van der Waals surface area contributed by atoms with Crippen LogP contribution >= 0.6 is 24.0 Å². The molecule has 1 amide bonds. The van der Waals surface area contributed by atoms with E-state index in [0.29, 0.717) is 4.99 Å². The van der Waals surface area contributed by atoms with E-state index in [4.69, 9.17) is 18.0 Å². The summed E-state index contributed by atoms with van der Waals surface area (Å²) < 4.78 is 0. The molecule has 3 N–H and O–H groups in total. The average Bonchev–Trinajstić information content (AvgIpc) is 2.88. The van der Waals surface area contributed by atoms with Crippen LogP contribution in [0.25, 0.3) is 0 Å². The van der Waals surface area contributed by atoms with Crippen LogP contribution in [-0.4, -0.2) is 27.4 Å². The van der Waals surface area contributed by atoms with E-state index in [-0.39, 0.29) is 16.7 Å². The van der Waals surface area contributed by atoms with Crippen molar-refractivity contribution in [1.29, 1.82) is 0 Å². The standard InChI is InChI=1S/C11H18N2OS2/c12-10(15)11(5-1-2-6-11)13-9(14)8-4-3-7-16-8/h8H,1-7H2,(H2,12,15)(H,13,14). The number of rotatable bonds is 3. The van der Waals surface area contributed by atoms with E-state index in [0.717, 1.165) is 44.3 Å². The monoisotopic (exact) mass is 258 g/mol. The maximum atomic E-state index is 12.1. The van der Waals surface area contributed by atoms with Crippen LogP contribution in [0.4, 0.5) is 0 Å². The quantitative estimate of drug-likeness (QED) is 0.755. The third-order valence-electron chi connectivity index (χ3n) is 3.51. The summed E-state index contributed by atoms with van der Waals surface area (Å²) in [4.78, 5) is 12.5. The number of carbonyl (C=O) groups is 1. The number of nitrogens with one attached hydrogen (secondary N) is 1. The fraction of sp³-hybridized carbons (Fsp3) is 0.818. The Bertz CT molecular complexity index is 294. The van der Waals surface area contributed by atoms with E-state index < -0.39 is 0 Å². The second-order valence-electron chi connectivity index (χ2n) is 4.64. The molecular formula is C11H18N2OS2. The molecule has 1 atom stereocenters. The molecule has 2 rings (SSSR count). The number of amides is 1. The Hall–Kier alpha value is -0.290. The molecule has 3 nitrogen and oxygen atoms in total. The Morgan fingerprint density at radius 2 is 2.06 bits per heavy atom. The number of nitrogens with two attached hydrogens (primary N) is 1. The molecule has 0 radical (unpaired) electrons. The van der Waals surface area contributed by atoms with Gasteiger partial charge in [0.2, 0.25) is 5.91 Å². The Labute approximate surface area is 106 Å². The van der Waals surface area contributed by atoms with Gasteiger partial charge in [-0.05, 0) is 31.4 Å². The molecule has 2 fully saturated rings. The third-order valence-corrected chi connectivity index (χ3v) is 5.28. The molecular weight excluding hydrogens is 240 g/mol. The SMILES string of the molecule is NC(=S)C1(NC(=O)C2CCCS2)CCCC1. The summed E-state index contributed by atoms with van der Waals surface area (Å²) in [6.07, 6.45) is 6.16. The van der Waals surface area contributed by atoms with E-state index in [1.54, 1.807) is 11.8 Å². The van der Waals surface area contributed by atoms with Crippen LogP contribution in [0.3, 0.4) is 0 Å². The third kappa shape index (κ3) is 2.35. The second kappa shape index (κ2) is 4.92. The Morgan fingerprint density at radius 1 is 1.38 bits per heavy atom. The van der Waals surface area contributed by atoms with Crippen LogP contribution in [0.1, 0.15) is 38.5 Å². The fourth-order valence-corrected chi connectivity index (χ4v) is 3.93. The van der Waals surface area contributed by atoms with Gasteiger partial charge in [0.25, 0.3) is 0 Å². The van der Waals surface area contributed by atoms with E-state index >= 15 is 0 Å². The molecule has 16 heavy (non-hydrogen) atoms. The van der Waals surface area contributed by atoms with Crippen LogP contribution in [0.15, 0.2) is 0 Å². The second-order valence-corrected chi connectivity index (χ2v) is 6.39. The van der Waals surface area contributed by atoms with Gasteiger partial charge in [0.15, 0.2) is 0 Å². The van der Waals surface area contributed by atoms with E-state index in [2.05, 4.69) is 5.32 Å². The molecule has 1 saturated heterocycles. The molecule has 1 aliphatic carbocycles. The number of thiocarbonyl (C=S) groups is 1. The zero-order valence-corrected chi connectivity index (χ0v) is 11.0. The molecule has 0 bridgehead atoms. The summed E-state index contributed by atoms with van der Waals surface area (Å²) in [6, 6.07) is 0. The first-order valence-electron chi connectivity index (χ1n) is 5.88. The van der Waals surface area contributed by atoms with Crippen molar-refractivity contribution in [3.05, 3.63) is 0 Å². The van der Waals surface area contributed by atoms with Crippen LogP contribution < -0.4 is 11.1 Å². The molecule has 1 unspecified atom stereocenters. The highest BCUT2D eigenvalue weighted by Crippen LogP contribution is 2.32. The Kier molecular flexibility index (Phi) is 3.74. The number of hydrogen-bond acceptors (Lipinski definition) is 3. The lowest BCUT2D eigenvalue weighted by Crippen LogP contribution is -2.56. The first kappa shape index (κ1) is 12.2. The van der Waals surface area contributed by atoms with Gasteiger partial charge >= 0.3 is 0 Å². The van der Waals surface area contributed by atoms with Crippen molar-refractivity contribution in [2.45, 2.75) is 49.3 Å². The minimum atomic E-state index is -0.379. The lowest BCUT2D eigenvalue weighted by atomic mass is 9.97. The number of thioether (sulfide) groups is 1. The molecule has 1 heterocycles. The lowest BCUT2D eigenvalue weighted by Gasteiger charge is -2.30. The number of carbonyl (C=O) groups excluding carboxylic acids is 1. The van der Waals surface area contributed by atoms with Crippen LogP contribution in [-0.2, 0) is 4.79 Å². The van der Waals surface area contributed by atoms with Gasteiger partial charge in [-0.1, -0.05) is 25.1 Å². The molecule has 0 spiro atoms. The van der Waals surface area contributed by atoms with Crippen LogP contribution in [0.5, 0.6) is 0 Å². The molecule has 0 aromatic carbocycles. The minimum Gasteiger partial charge on any atom is -0.391 e. The topological polar surface area (TPSA) is 55.1 Å². The normalized spacial score (nSPS) is 27.9. The van der Waals surface area contributed by atoms with Gasteiger partial charge in [0, 0.05) is 0 Å². The van der Waals surface area contributed by atoms with Crippen molar-refractivity contribution in [2.24, 2.45) is 5.73 Å². The molecule has 0 aromatic rings. The van der Waals surface area contributed by atoms with Gasteiger partial charge < -0.3 is 11.1 Å². The van der Waals surface area contributed by atoms with Gasteiger partial charge in [-0.25, -0.2) is 0 Å². The lowest BCUT2D eigenvalue weighted by molar-refractivity contribution is -0.121. The van der Waals surface area contributed by atoms with Crippen molar-refractivity contribution in [3.8, 4) is 0 Å². The summed E-state index contributed by atoms with van der Waals surface area (Å²) in [5, 5.41) is 3.23. The maximum Gasteiger partial charge on any atom is 0.233 e. The first-order chi connectivity index (χ1) is 7.64. The Balaban J connectivity index is 2.00. The van der Waals surface area contributed by atoms with Crippen molar-refractivity contribution in [2.75, 3.05) is 5.75 Å². The van der Waals surface area contributed by atoms with Crippen molar-refractivity contribution in [3.63, 3.8) is 0 Å². The molecule has 2 aliphatic rings. The highest BCUT2D eigenvalue weighted by Gasteiger charge is 2.39. The molecule has 1 saturated carbocycles. The van der Waals surface area contributed by atoms with Gasteiger partial charge in [0.05, 0.1) is 15.8 Å². The van der Waals surface area contributed by atoms with E-state index in [1.807, 2.05) is 0 Å². The predicted molar refractivity (Wildman–Crippen MR) is 71.6 cm³/mol. The molecule has 5 heteroatoms. The largest absolute Gasteiger partial charge is 0.391 e. The van der Waals surface area contributed by atoms with Crippen molar-refractivity contribution in [1.82, 2.24) is 5.32 Å². The summed E-state index contributed by atoms with van der Waals surface area (Å²) >= 11 is 6.86. The fourth-order valence-electron chi connectivity index (χ4n) is 2.51. The minimum absolute atomic E-state index is 0.117. The smallest absolute Gasteiger partial charge is 0.233 e. The Morgan fingerprint density at radius 3 is 2.56 bits per heavy atom. The molecule has 1 aliphatic heterocycles. The zero-order chi connectivity index (χ0) is 11.6. The predicted octanol–water partition coefficient (Wildman–Crippen LogP) is 1.60. The first-order valence-corrected chi connectivity index (χ1v) is 7.33. The highest BCUT2D eigenvalue weighted by molar-refractivity contribution is 8.00. The van der Waals surface area contributed by atoms with Crippen LogP contribution in [0.2, 0.25) is 0 Å². The van der Waals surface area contributed by atoms with Gasteiger partial charge in [-0.2, -0.15) is 0 Å². The van der Waals surface area contributed by atoms with Gasteiger partial charge in [-0.3, -0.25) is 4.79 Å². The summed E-state index contributed by atoms with van der Waals surface area (Å²) in [7, 11) is 0. The highest BCUT2D eigenvalue weighted by atomic mass is 32.2. The number of hydrogen-bond donors (Lipinski definition) is 2. The summed E-state index contributed by atoms with van der Waals surface area (Å²) in [5.74, 6) is 1.23. The van der Waals surface area contributed by atoms with Crippen molar-refractivity contribution >= 4 is 34.9 Å². The average molecular weight is 258 g/mol. The summed E-state index contributed by atoms with van der Waals surface area (Å²) in [6.45, 7) is 0. The van der Waals surface area contributed by atoms with Crippen molar-refractivity contribution < 1.29 is 4.79 Å². The van der Waals surface area contributed by atoms with Gasteiger partial charge in [-0.15, -0.1) is 11.8 Å². The van der Waals surface area contributed by atoms with E-state index in [1.165, 1.54) is 0 Å². The molecule has 90 valence electrons.